The molecule has 5 nitrogen and oxygen atoms in total. The van der Waals surface area contributed by atoms with E-state index in [0.29, 0.717) is 22.5 Å². The summed E-state index contributed by atoms with van der Waals surface area (Å²) in [5, 5.41) is 4.57. The highest BCUT2D eigenvalue weighted by Gasteiger charge is 2.12. The van der Waals surface area contributed by atoms with E-state index in [4.69, 9.17) is 27.9 Å². The molecule has 1 aliphatic heterocycles. The molecule has 23 heavy (non-hydrogen) atoms. The number of anilines is 2. The molecule has 2 aromatic rings. The van der Waals surface area contributed by atoms with Gasteiger partial charge in [0.2, 0.25) is 5.95 Å². The molecule has 0 atom stereocenters. The number of rotatable bonds is 5. The van der Waals surface area contributed by atoms with E-state index in [0.717, 1.165) is 44.1 Å². The number of nitrogens with zero attached hydrogens (tertiary/aromatic N) is 3. The van der Waals surface area contributed by atoms with Crippen LogP contribution in [0.25, 0.3) is 0 Å². The zero-order chi connectivity index (χ0) is 16.1. The third kappa shape index (κ3) is 4.47. The van der Waals surface area contributed by atoms with Gasteiger partial charge >= 0.3 is 0 Å². The maximum atomic E-state index is 6.18. The molecule has 1 N–H and O–H groups in total. The van der Waals surface area contributed by atoms with Crippen LogP contribution in [-0.4, -0.2) is 42.8 Å². The van der Waals surface area contributed by atoms with Crippen LogP contribution in [0.3, 0.4) is 0 Å². The first-order chi connectivity index (χ1) is 11.2. The molecule has 0 saturated carbocycles. The average molecular weight is 353 g/mol. The van der Waals surface area contributed by atoms with Gasteiger partial charge in [-0.05, 0) is 30.2 Å². The van der Waals surface area contributed by atoms with Crippen LogP contribution in [0.4, 0.5) is 11.8 Å². The number of hydrogen-bond acceptors (Lipinski definition) is 5. The van der Waals surface area contributed by atoms with Gasteiger partial charge in [-0.15, -0.1) is 0 Å². The summed E-state index contributed by atoms with van der Waals surface area (Å²) in [6, 6.07) is 7.47. The summed E-state index contributed by atoms with van der Waals surface area (Å²) in [6.45, 7) is 3.89. The lowest BCUT2D eigenvalue weighted by Gasteiger charge is -2.27. The molecule has 2 heterocycles. The van der Waals surface area contributed by atoms with E-state index in [1.165, 1.54) is 0 Å². The molecule has 122 valence electrons. The van der Waals surface area contributed by atoms with Crippen LogP contribution in [0.5, 0.6) is 0 Å². The number of hydrogen-bond donors (Lipinski definition) is 1. The molecule has 0 unspecified atom stereocenters. The van der Waals surface area contributed by atoms with Gasteiger partial charge in [0, 0.05) is 35.9 Å². The van der Waals surface area contributed by atoms with Crippen molar-refractivity contribution in [2.45, 2.75) is 6.42 Å². The van der Waals surface area contributed by atoms with Gasteiger partial charge in [0.1, 0.15) is 5.82 Å². The van der Waals surface area contributed by atoms with Gasteiger partial charge in [-0.3, -0.25) is 0 Å². The first kappa shape index (κ1) is 16.3. The SMILES string of the molecule is Clc1ccc(CCNc2nccc(N3CCOCC3)n2)c(Cl)c1. The minimum atomic E-state index is 0.624. The van der Waals surface area contributed by atoms with Crippen molar-refractivity contribution in [1.29, 1.82) is 0 Å². The van der Waals surface area contributed by atoms with Gasteiger partial charge in [-0.1, -0.05) is 29.3 Å². The Morgan fingerprint density at radius 1 is 1.17 bits per heavy atom. The summed E-state index contributed by atoms with van der Waals surface area (Å²) in [5.41, 5.74) is 1.05. The van der Waals surface area contributed by atoms with Crippen LogP contribution in [-0.2, 0) is 11.2 Å². The van der Waals surface area contributed by atoms with E-state index in [1.807, 2.05) is 18.2 Å². The van der Waals surface area contributed by atoms with E-state index in [1.54, 1.807) is 12.3 Å². The molecule has 1 aromatic carbocycles. The normalized spacial score (nSPS) is 14.8. The predicted octanol–water partition coefficient (Wildman–Crippen LogP) is 3.27. The Bertz CT molecular complexity index is 662. The molecular formula is C16H18Cl2N4O. The average Bonchev–Trinajstić information content (AvgIpc) is 2.58. The highest BCUT2D eigenvalue weighted by atomic mass is 35.5. The van der Waals surface area contributed by atoms with Crippen LogP contribution in [0.15, 0.2) is 30.5 Å². The molecule has 3 rings (SSSR count). The van der Waals surface area contributed by atoms with Crippen molar-refractivity contribution in [3.8, 4) is 0 Å². The Balaban J connectivity index is 1.57. The summed E-state index contributed by atoms with van der Waals surface area (Å²) in [7, 11) is 0. The molecule has 1 saturated heterocycles. The topological polar surface area (TPSA) is 50.3 Å². The summed E-state index contributed by atoms with van der Waals surface area (Å²) >= 11 is 12.1. The van der Waals surface area contributed by atoms with E-state index in [-0.39, 0.29) is 0 Å². The van der Waals surface area contributed by atoms with Gasteiger partial charge < -0.3 is 15.0 Å². The number of benzene rings is 1. The van der Waals surface area contributed by atoms with Crippen molar-refractivity contribution < 1.29 is 4.74 Å². The fraction of sp³-hybridized carbons (Fsp3) is 0.375. The van der Waals surface area contributed by atoms with Crippen molar-refractivity contribution in [2.24, 2.45) is 0 Å². The maximum Gasteiger partial charge on any atom is 0.224 e. The Labute approximate surface area is 145 Å². The van der Waals surface area contributed by atoms with Crippen molar-refractivity contribution in [2.75, 3.05) is 43.1 Å². The lowest BCUT2D eigenvalue weighted by atomic mass is 10.1. The zero-order valence-corrected chi connectivity index (χ0v) is 14.1. The molecule has 1 aliphatic rings. The third-order valence-corrected chi connectivity index (χ3v) is 4.26. The largest absolute Gasteiger partial charge is 0.378 e. The Kier molecular flexibility index (Phi) is 5.54. The van der Waals surface area contributed by atoms with Gasteiger partial charge in [0.15, 0.2) is 0 Å². The van der Waals surface area contributed by atoms with Crippen LogP contribution in [0.2, 0.25) is 10.0 Å². The quantitative estimate of drug-likeness (QED) is 0.894. The number of ether oxygens (including phenoxy) is 1. The molecule has 1 fully saturated rings. The highest BCUT2D eigenvalue weighted by Crippen LogP contribution is 2.21. The van der Waals surface area contributed by atoms with E-state index < -0.39 is 0 Å². The molecule has 0 bridgehead atoms. The molecule has 0 radical (unpaired) electrons. The van der Waals surface area contributed by atoms with Gasteiger partial charge in [0.05, 0.1) is 13.2 Å². The van der Waals surface area contributed by atoms with E-state index >= 15 is 0 Å². The number of aromatic nitrogens is 2. The number of nitrogens with one attached hydrogen (secondary N) is 1. The fourth-order valence-corrected chi connectivity index (χ4v) is 2.94. The molecule has 0 amide bonds. The van der Waals surface area contributed by atoms with Crippen molar-refractivity contribution in [1.82, 2.24) is 9.97 Å². The standard InChI is InChI=1S/C16H18Cl2N4O/c17-13-2-1-12(14(18)11-13)3-5-19-16-20-6-4-15(21-16)22-7-9-23-10-8-22/h1-2,4,6,11H,3,5,7-10H2,(H,19,20,21). The predicted molar refractivity (Wildman–Crippen MR) is 93.7 cm³/mol. The number of morpholine rings is 1. The van der Waals surface area contributed by atoms with Crippen molar-refractivity contribution >= 4 is 35.0 Å². The first-order valence-corrected chi connectivity index (χ1v) is 8.31. The van der Waals surface area contributed by atoms with Gasteiger partial charge in [-0.2, -0.15) is 4.98 Å². The zero-order valence-electron chi connectivity index (χ0n) is 12.6. The Hall–Kier alpha value is -1.56. The fourth-order valence-electron chi connectivity index (χ4n) is 2.44. The molecule has 1 aromatic heterocycles. The third-order valence-electron chi connectivity index (χ3n) is 3.67. The highest BCUT2D eigenvalue weighted by molar-refractivity contribution is 6.35. The second-order valence-electron chi connectivity index (χ2n) is 5.25. The molecule has 7 heteroatoms. The van der Waals surface area contributed by atoms with Gasteiger partial charge in [0.25, 0.3) is 0 Å². The minimum Gasteiger partial charge on any atom is -0.378 e. The second-order valence-corrected chi connectivity index (χ2v) is 6.09. The lowest BCUT2D eigenvalue weighted by molar-refractivity contribution is 0.122. The summed E-state index contributed by atoms with van der Waals surface area (Å²) in [5.74, 6) is 1.55. The Morgan fingerprint density at radius 3 is 2.78 bits per heavy atom. The van der Waals surface area contributed by atoms with Crippen LogP contribution in [0.1, 0.15) is 5.56 Å². The summed E-state index contributed by atoms with van der Waals surface area (Å²) in [6.07, 6.45) is 2.55. The summed E-state index contributed by atoms with van der Waals surface area (Å²) < 4.78 is 5.36. The Morgan fingerprint density at radius 2 is 2.00 bits per heavy atom. The van der Waals surface area contributed by atoms with Crippen LogP contribution in [0, 0.1) is 0 Å². The first-order valence-electron chi connectivity index (χ1n) is 7.56. The van der Waals surface area contributed by atoms with Crippen LogP contribution >= 0.6 is 23.2 Å². The smallest absolute Gasteiger partial charge is 0.224 e. The minimum absolute atomic E-state index is 0.624. The number of halogens is 2. The van der Waals surface area contributed by atoms with Crippen molar-refractivity contribution in [3.63, 3.8) is 0 Å². The monoisotopic (exact) mass is 352 g/mol. The summed E-state index contributed by atoms with van der Waals surface area (Å²) in [4.78, 5) is 11.0. The molecule has 0 spiro atoms. The van der Waals surface area contributed by atoms with Crippen molar-refractivity contribution in [3.05, 3.63) is 46.1 Å². The van der Waals surface area contributed by atoms with E-state index in [9.17, 15) is 0 Å². The molecular weight excluding hydrogens is 335 g/mol. The van der Waals surface area contributed by atoms with Gasteiger partial charge in [-0.25, -0.2) is 4.98 Å². The van der Waals surface area contributed by atoms with E-state index in [2.05, 4.69) is 20.2 Å². The van der Waals surface area contributed by atoms with Crippen LogP contribution < -0.4 is 10.2 Å². The maximum absolute atomic E-state index is 6.18. The molecule has 0 aliphatic carbocycles. The lowest BCUT2D eigenvalue weighted by Crippen LogP contribution is -2.36. The second kappa shape index (κ2) is 7.81.